The number of fused-ring (bicyclic) bond motifs is 1. The molecule has 0 bridgehead atoms. The van der Waals surface area contributed by atoms with Gasteiger partial charge in [-0.15, -0.1) is 0 Å². The molecule has 0 unspecified atom stereocenters. The van der Waals surface area contributed by atoms with Crippen LogP contribution in [-0.4, -0.2) is 25.5 Å². The van der Waals surface area contributed by atoms with Gasteiger partial charge in [0.25, 0.3) is 0 Å². The van der Waals surface area contributed by atoms with E-state index < -0.39 is 0 Å². The van der Waals surface area contributed by atoms with Gasteiger partial charge in [-0.05, 0) is 25.1 Å². The van der Waals surface area contributed by atoms with E-state index >= 15 is 0 Å². The average Bonchev–Trinajstić information content (AvgIpc) is 2.92. The monoisotopic (exact) mass is 240 g/mol. The normalized spacial score (nSPS) is 11.0. The lowest BCUT2D eigenvalue weighted by molar-refractivity contribution is 0.103. The van der Waals surface area contributed by atoms with Crippen molar-refractivity contribution in [2.45, 2.75) is 6.92 Å². The first-order valence-corrected chi connectivity index (χ1v) is 5.64. The minimum atomic E-state index is -0.0441. The molecule has 0 amide bonds. The van der Waals surface area contributed by atoms with Gasteiger partial charge in [0.2, 0.25) is 5.78 Å². The summed E-state index contributed by atoms with van der Waals surface area (Å²) < 4.78 is 1.60. The number of rotatable bonds is 2. The van der Waals surface area contributed by atoms with Crippen molar-refractivity contribution in [1.82, 2.24) is 19.7 Å². The van der Waals surface area contributed by atoms with Crippen molar-refractivity contribution >= 4 is 16.8 Å². The van der Waals surface area contributed by atoms with Gasteiger partial charge in [-0.25, -0.2) is 4.98 Å². The number of hydrogen-bond donors (Lipinski definition) is 1. The highest BCUT2D eigenvalue weighted by atomic mass is 16.1. The molecule has 5 nitrogen and oxygen atoms in total. The third kappa shape index (κ3) is 1.52. The molecule has 0 radical (unpaired) electrons. The highest BCUT2D eigenvalue weighted by Crippen LogP contribution is 2.19. The van der Waals surface area contributed by atoms with Crippen LogP contribution in [0.5, 0.6) is 0 Å². The SMILES string of the molecule is Cc1cc(C(=O)c2c[nH]c3ncccc23)n(C)n1. The maximum absolute atomic E-state index is 12.4. The van der Waals surface area contributed by atoms with Crippen LogP contribution in [0.25, 0.3) is 11.0 Å². The molecule has 0 aliphatic carbocycles. The van der Waals surface area contributed by atoms with Crippen molar-refractivity contribution in [3.63, 3.8) is 0 Å². The van der Waals surface area contributed by atoms with Gasteiger partial charge in [-0.3, -0.25) is 9.48 Å². The number of aromatic amines is 1. The zero-order valence-electron chi connectivity index (χ0n) is 10.1. The maximum atomic E-state index is 12.4. The average molecular weight is 240 g/mol. The minimum Gasteiger partial charge on any atom is -0.345 e. The number of pyridine rings is 1. The Bertz CT molecular complexity index is 738. The van der Waals surface area contributed by atoms with Crippen LogP contribution < -0.4 is 0 Å². The summed E-state index contributed by atoms with van der Waals surface area (Å²) >= 11 is 0. The Balaban J connectivity index is 2.15. The molecule has 3 heterocycles. The Hall–Kier alpha value is -2.43. The van der Waals surface area contributed by atoms with E-state index in [1.54, 1.807) is 30.2 Å². The lowest BCUT2D eigenvalue weighted by Crippen LogP contribution is -2.07. The number of hydrogen-bond acceptors (Lipinski definition) is 3. The first kappa shape index (κ1) is 10.7. The fraction of sp³-hybridized carbons (Fsp3) is 0.154. The Morgan fingerprint density at radius 2 is 2.28 bits per heavy atom. The second-order valence-corrected chi connectivity index (χ2v) is 4.23. The number of aromatic nitrogens is 4. The largest absolute Gasteiger partial charge is 0.345 e. The number of ketones is 1. The van der Waals surface area contributed by atoms with E-state index in [2.05, 4.69) is 15.1 Å². The molecule has 0 fully saturated rings. The summed E-state index contributed by atoms with van der Waals surface area (Å²) in [6.07, 6.45) is 3.39. The lowest BCUT2D eigenvalue weighted by Gasteiger charge is -1.99. The van der Waals surface area contributed by atoms with Crippen molar-refractivity contribution in [3.05, 3.63) is 47.5 Å². The number of carbonyl (C=O) groups is 1. The van der Waals surface area contributed by atoms with Crippen LogP contribution in [0.4, 0.5) is 0 Å². The number of carbonyl (C=O) groups excluding carboxylic acids is 1. The number of aryl methyl sites for hydroxylation is 2. The van der Waals surface area contributed by atoms with Crippen LogP contribution in [0.1, 0.15) is 21.7 Å². The number of nitrogens with one attached hydrogen (secondary N) is 1. The van der Waals surface area contributed by atoms with E-state index in [4.69, 9.17) is 0 Å². The molecule has 18 heavy (non-hydrogen) atoms. The van der Waals surface area contributed by atoms with Crippen molar-refractivity contribution in [3.8, 4) is 0 Å². The van der Waals surface area contributed by atoms with E-state index in [1.807, 2.05) is 19.1 Å². The third-order valence-corrected chi connectivity index (χ3v) is 2.93. The zero-order chi connectivity index (χ0) is 12.7. The van der Waals surface area contributed by atoms with Gasteiger partial charge >= 0.3 is 0 Å². The Morgan fingerprint density at radius 1 is 1.44 bits per heavy atom. The van der Waals surface area contributed by atoms with Gasteiger partial charge in [0, 0.05) is 24.8 Å². The number of nitrogens with zero attached hydrogens (tertiary/aromatic N) is 3. The standard InChI is InChI=1S/C13H12N4O/c1-8-6-11(17(2)16-8)12(18)10-7-15-13-9(10)4-3-5-14-13/h3-7H,1-2H3,(H,14,15). The molecule has 0 aliphatic heterocycles. The van der Waals surface area contributed by atoms with Crippen LogP contribution >= 0.6 is 0 Å². The fourth-order valence-corrected chi connectivity index (χ4v) is 2.10. The second kappa shape index (κ2) is 3.80. The smallest absolute Gasteiger partial charge is 0.213 e. The van der Waals surface area contributed by atoms with Crippen LogP contribution in [0, 0.1) is 6.92 Å². The molecule has 0 spiro atoms. The molecule has 0 saturated carbocycles. The van der Waals surface area contributed by atoms with Crippen molar-refractivity contribution in [2.24, 2.45) is 7.05 Å². The highest BCUT2D eigenvalue weighted by molar-refractivity contribution is 6.15. The van der Waals surface area contributed by atoms with Crippen LogP contribution in [-0.2, 0) is 7.05 Å². The van der Waals surface area contributed by atoms with Crippen LogP contribution in [0.15, 0.2) is 30.6 Å². The molecule has 5 heteroatoms. The lowest BCUT2D eigenvalue weighted by atomic mass is 10.1. The summed E-state index contributed by atoms with van der Waals surface area (Å²) in [5.74, 6) is -0.0441. The molecule has 0 atom stereocenters. The molecule has 0 aromatic carbocycles. The van der Waals surface area contributed by atoms with E-state index in [0.29, 0.717) is 11.3 Å². The Morgan fingerprint density at radius 3 is 3.00 bits per heavy atom. The summed E-state index contributed by atoms with van der Waals surface area (Å²) in [5, 5.41) is 5.03. The molecule has 0 saturated heterocycles. The molecule has 3 aromatic rings. The minimum absolute atomic E-state index is 0.0441. The van der Waals surface area contributed by atoms with E-state index in [1.165, 1.54) is 0 Å². The summed E-state index contributed by atoms with van der Waals surface area (Å²) in [6.45, 7) is 1.87. The third-order valence-electron chi connectivity index (χ3n) is 2.93. The van der Waals surface area contributed by atoms with E-state index in [0.717, 1.165) is 16.7 Å². The summed E-state index contributed by atoms with van der Waals surface area (Å²) in [7, 11) is 1.77. The molecule has 0 aliphatic rings. The van der Waals surface area contributed by atoms with Crippen LogP contribution in [0.2, 0.25) is 0 Å². The van der Waals surface area contributed by atoms with Gasteiger partial charge in [-0.1, -0.05) is 0 Å². The fourth-order valence-electron chi connectivity index (χ4n) is 2.10. The predicted molar refractivity (Wildman–Crippen MR) is 67.5 cm³/mol. The van der Waals surface area contributed by atoms with Gasteiger partial charge in [0.05, 0.1) is 11.3 Å². The quantitative estimate of drug-likeness (QED) is 0.695. The summed E-state index contributed by atoms with van der Waals surface area (Å²) in [4.78, 5) is 19.6. The second-order valence-electron chi connectivity index (χ2n) is 4.23. The summed E-state index contributed by atoms with van der Waals surface area (Å²) in [6, 6.07) is 5.49. The van der Waals surface area contributed by atoms with Gasteiger partial charge in [0.1, 0.15) is 11.3 Å². The summed E-state index contributed by atoms with van der Waals surface area (Å²) in [5.41, 5.74) is 2.76. The van der Waals surface area contributed by atoms with Gasteiger partial charge in [-0.2, -0.15) is 5.10 Å². The van der Waals surface area contributed by atoms with E-state index in [-0.39, 0.29) is 5.78 Å². The molecular weight excluding hydrogens is 228 g/mol. The predicted octanol–water partition coefficient (Wildman–Crippen LogP) is 1.84. The highest BCUT2D eigenvalue weighted by Gasteiger charge is 2.17. The Kier molecular flexibility index (Phi) is 2.26. The van der Waals surface area contributed by atoms with Crippen molar-refractivity contribution in [2.75, 3.05) is 0 Å². The first-order chi connectivity index (χ1) is 8.66. The molecule has 90 valence electrons. The molecular formula is C13H12N4O. The maximum Gasteiger partial charge on any atom is 0.213 e. The van der Waals surface area contributed by atoms with E-state index in [9.17, 15) is 4.79 Å². The first-order valence-electron chi connectivity index (χ1n) is 5.64. The van der Waals surface area contributed by atoms with Gasteiger partial charge in [0.15, 0.2) is 0 Å². The Labute approximate surface area is 103 Å². The van der Waals surface area contributed by atoms with Crippen molar-refractivity contribution in [1.29, 1.82) is 0 Å². The zero-order valence-corrected chi connectivity index (χ0v) is 10.1. The number of H-pyrrole nitrogens is 1. The molecule has 3 rings (SSSR count). The molecule has 1 N–H and O–H groups in total. The van der Waals surface area contributed by atoms with Crippen LogP contribution in [0.3, 0.4) is 0 Å². The topological polar surface area (TPSA) is 63.6 Å². The van der Waals surface area contributed by atoms with Gasteiger partial charge < -0.3 is 4.98 Å². The van der Waals surface area contributed by atoms with Crippen molar-refractivity contribution < 1.29 is 4.79 Å². The molecule has 3 aromatic heterocycles.